The zero-order valence-corrected chi connectivity index (χ0v) is 33.4. The lowest BCUT2D eigenvalue weighted by molar-refractivity contribution is 0.775. The molecule has 2 aromatic heterocycles. The van der Waals surface area contributed by atoms with Crippen LogP contribution in [0.2, 0.25) is 0 Å². The average molecular weight is 784 g/mol. The largest absolute Gasteiger partial charge is 0.235 e. The second kappa shape index (κ2) is 12.5. The Morgan fingerprint density at radius 1 is 0.356 bits per heavy atom. The molecule has 9 aromatic carbocycles. The van der Waals surface area contributed by atoms with Gasteiger partial charge in [0.15, 0.2) is 0 Å². The number of hydrogen-bond acceptors (Lipinski definition) is 3. The van der Waals surface area contributed by atoms with Gasteiger partial charge in [0.1, 0.15) is 5.01 Å². The first kappa shape index (κ1) is 33.1. The van der Waals surface area contributed by atoms with Gasteiger partial charge in [-0.05, 0) is 90.2 Å². The highest BCUT2D eigenvalue weighted by molar-refractivity contribution is 7.25. The van der Waals surface area contributed by atoms with Crippen molar-refractivity contribution < 1.29 is 0 Å². The van der Waals surface area contributed by atoms with Gasteiger partial charge in [0.2, 0.25) is 0 Å². The molecule has 0 bridgehead atoms. The van der Waals surface area contributed by atoms with E-state index < -0.39 is 5.41 Å². The zero-order valence-electron chi connectivity index (χ0n) is 31.8. The molecule has 0 radical (unpaired) electrons. The van der Waals surface area contributed by atoms with Crippen LogP contribution in [0, 0.1) is 0 Å². The van der Waals surface area contributed by atoms with Gasteiger partial charge >= 0.3 is 0 Å². The lowest BCUT2D eigenvalue weighted by atomic mass is 9.61. The van der Waals surface area contributed by atoms with Gasteiger partial charge in [-0.15, -0.1) is 22.7 Å². The molecule has 3 heteroatoms. The monoisotopic (exact) mass is 783 g/mol. The summed E-state index contributed by atoms with van der Waals surface area (Å²) in [5.74, 6) is 0. The van der Waals surface area contributed by atoms with Crippen LogP contribution in [0.25, 0.3) is 96.6 Å². The van der Waals surface area contributed by atoms with Crippen molar-refractivity contribution in [1.29, 1.82) is 0 Å². The van der Waals surface area contributed by atoms with Crippen LogP contribution in [0.15, 0.2) is 200 Å². The summed E-state index contributed by atoms with van der Waals surface area (Å²) in [4.78, 5) is 6.42. The van der Waals surface area contributed by atoms with Crippen LogP contribution >= 0.6 is 22.7 Å². The van der Waals surface area contributed by atoms with Crippen molar-refractivity contribution in [1.82, 2.24) is 4.98 Å². The Labute approximate surface area is 350 Å². The number of fused-ring (bicyclic) bond motifs is 12. The van der Waals surface area contributed by atoms with Crippen molar-refractivity contribution in [3.63, 3.8) is 0 Å². The second-order valence-corrected chi connectivity index (χ2v) is 17.8. The smallest absolute Gasteiger partial charge is 0.124 e. The van der Waals surface area contributed by atoms with Gasteiger partial charge < -0.3 is 0 Å². The molecule has 0 N–H and O–H groups in total. The lowest BCUT2D eigenvalue weighted by Gasteiger charge is -2.40. The lowest BCUT2D eigenvalue weighted by Crippen LogP contribution is -2.31. The normalized spacial score (nSPS) is 13.2. The van der Waals surface area contributed by atoms with Crippen molar-refractivity contribution in [2.45, 2.75) is 5.41 Å². The number of rotatable bonds is 4. The van der Waals surface area contributed by atoms with E-state index in [2.05, 4.69) is 200 Å². The van der Waals surface area contributed by atoms with Gasteiger partial charge in [0, 0.05) is 31.3 Å². The van der Waals surface area contributed by atoms with E-state index in [0.29, 0.717) is 0 Å². The first-order chi connectivity index (χ1) is 29.2. The van der Waals surface area contributed by atoms with Gasteiger partial charge in [-0.1, -0.05) is 182 Å². The second-order valence-electron chi connectivity index (χ2n) is 15.8. The van der Waals surface area contributed by atoms with Crippen molar-refractivity contribution in [3.05, 3.63) is 222 Å². The summed E-state index contributed by atoms with van der Waals surface area (Å²) in [7, 11) is 0. The third-order valence-electron chi connectivity index (χ3n) is 12.7. The molecule has 13 rings (SSSR count). The maximum absolute atomic E-state index is 5.22. The predicted octanol–water partition coefficient (Wildman–Crippen LogP) is 15.7. The quantitative estimate of drug-likeness (QED) is 0.173. The molecule has 0 saturated carbocycles. The fourth-order valence-corrected chi connectivity index (χ4v) is 12.5. The Kier molecular flexibility index (Phi) is 7.04. The van der Waals surface area contributed by atoms with Crippen LogP contribution in [0.5, 0.6) is 0 Å². The van der Waals surface area contributed by atoms with E-state index in [1.165, 1.54) is 97.0 Å². The minimum absolute atomic E-state index is 0.415. The van der Waals surface area contributed by atoms with Gasteiger partial charge in [0.05, 0.1) is 16.0 Å². The van der Waals surface area contributed by atoms with Crippen LogP contribution in [0.4, 0.5) is 0 Å². The van der Waals surface area contributed by atoms with Crippen LogP contribution in [-0.2, 0) is 5.41 Å². The van der Waals surface area contributed by atoms with Crippen LogP contribution < -0.4 is 0 Å². The van der Waals surface area contributed by atoms with E-state index in [1.807, 2.05) is 11.3 Å². The Bertz CT molecular complexity index is 3370. The Hall–Kier alpha value is -6.91. The van der Waals surface area contributed by atoms with E-state index in [1.54, 1.807) is 11.3 Å². The van der Waals surface area contributed by atoms with E-state index in [4.69, 9.17) is 4.98 Å². The fraction of sp³-hybridized carbons (Fsp3) is 0.0179. The molecular formula is C56H33NS2. The third-order valence-corrected chi connectivity index (χ3v) is 15.0. The van der Waals surface area contributed by atoms with Crippen LogP contribution in [-0.4, -0.2) is 4.98 Å². The molecular weight excluding hydrogens is 751 g/mol. The standard InChI is InChI=1S/C56H33NS2/c1-3-13-36(14-4-1)53-54(37-15-5-2-6-16-37)59-55(57-53)38-27-25-34(26-28-38)39-29-30-42-45-32-49-44(33-51(45)58-50(42)31-39)43-21-11-17-35-18-12-24-48(52(35)43)56(49)46-22-9-7-19-40(46)41-20-8-10-23-47(41)56/h1-33H. The van der Waals surface area contributed by atoms with Gasteiger partial charge in [0.25, 0.3) is 0 Å². The highest BCUT2D eigenvalue weighted by Gasteiger charge is 2.50. The Balaban J connectivity index is 0.949. The van der Waals surface area contributed by atoms with Crippen molar-refractivity contribution in [2.24, 2.45) is 0 Å². The Morgan fingerprint density at radius 2 is 0.949 bits per heavy atom. The average Bonchev–Trinajstić information content (AvgIpc) is 4.00. The third kappa shape index (κ3) is 4.69. The van der Waals surface area contributed by atoms with E-state index in [-0.39, 0.29) is 0 Å². The van der Waals surface area contributed by atoms with E-state index in [0.717, 1.165) is 21.8 Å². The molecule has 274 valence electrons. The molecule has 2 aliphatic rings. The highest BCUT2D eigenvalue weighted by Crippen LogP contribution is 2.62. The van der Waals surface area contributed by atoms with Gasteiger partial charge in [-0.25, -0.2) is 4.98 Å². The minimum Gasteiger partial charge on any atom is -0.235 e. The summed E-state index contributed by atoms with van der Waals surface area (Å²) in [6.07, 6.45) is 0. The molecule has 0 atom stereocenters. The molecule has 59 heavy (non-hydrogen) atoms. The maximum atomic E-state index is 5.22. The Morgan fingerprint density at radius 3 is 1.69 bits per heavy atom. The highest BCUT2D eigenvalue weighted by atomic mass is 32.1. The molecule has 1 nitrogen and oxygen atoms in total. The maximum Gasteiger partial charge on any atom is 0.124 e. The summed E-state index contributed by atoms with van der Waals surface area (Å²) >= 11 is 3.67. The van der Waals surface area contributed by atoms with Crippen molar-refractivity contribution >= 4 is 53.6 Å². The van der Waals surface area contributed by atoms with Crippen molar-refractivity contribution in [3.8, 4) is 65.6 Å². The molecule has 0 aliphatic heterocycles. The SMILES string of the molecule is c1ccc(-c2nc(-c3ccc(-c4ccc5c(c4)sc4cc6c(cc45)C4(c5ccccc5-c5ccccc54)c4cccc5cccc-6c45)cc3)sc2-c2ccccc2)cc1. The number of thiophene rings is 1. The molecule has 0 saturated heterocycles. The number of nitrogens with zero attached hydrogens (tertiary/aromatic N) is 1. The summed E-state index contributed by atoms with van der Waals surface area (Å²) in [5, 5.41) is 6.32. The molecule has 1 spiro atoms. The molecule has 0 fully saturated rings. The molecule has 0 amide bonds. The number of benzene rings is 9. The summed E-state index contributed by atoms with van der Waals surface area (Å²) in [6, 6.07) is 74.2. The van der Waals surface area contributed by atoms with Gasteiger partial charge in [-0.3, -0.25) is 0 Å². The molecule has 2 heterocycles. The van der Waals surface area contributed by atoms with Crippen LogP contribution in [0.3, 0.4) is 0 Å². The molecule has 0 unspecified atom stereocenters. The first-order valence-electron chi connectivity index (χ1n) is 20.2. The summed E-state index contributed by atoms with van der Waals surface area (Å²) in [6.45, 7) is 0. The van der Waals surface area contributed by atoms with E-state index >= 15 is 0 Å². The first-order valence-corrected chi connectivity index (χ1v) is 21.8. The number of thiazole rings is 1. The topological polar surface area (TPSA) is 12.9 Å². The number of hydrogen-bond donors (Lipinski definition) is 0. The summed E-state index contributed by atoms with van der Waals surface area (Å²) in [5.41, 5.74) is 17.3. The number of aromatic nitrogens is 1. The molecule has 2 aliphatic carbocycles. The van der Waals surface area contributed by atoms with Crippen LogP contribution in [0.1, 0.15) is 22.3 Å². The minimum atomic E-state index is -0.415. The summed E-state index contributed by atoms with van der Waals surface area (Å²) < 4.78 is 2.63. The van der Waals surface area contributed by atoms with Gasteiger partial charge in [-0.2, -0.15) is 0 Å². The zero-order chi connectivity index (χ0) is 38.7. The fourth-order valence-electron chi connectivity index (χ4n) is 10.2. The predicted molar refractivity (Wildman–Crippen MR) is 251 cm³/mol. The molecule has 11 aromatic rings. The van der Waals surface area contributed by atoms with E-state index in [9.17, 15) is 0 Å². The van der Waals surface area contributed by atoms with Crippen molar-refractivity contribution in [2.75, 3.05) is 0 Å².